The summed E-state index contributed by atoms with van der Waals surface area (Å²) < 4.78 is 32.5. The van der Waals surface area contributed by atoms with Gasteiger partial charge >= 0.3 is 19.8 Å². The van der Waals surface area contributed by atoms with E-state index in [1.54, 1.807) is 0 Å². The molecule has 0 aliphatic rings. The van der Waals surface area contributed by atoms with Crippen molar-refractivity contribution >= 4 is 19.8 Å². The number of hydrogen-bond acceptors (Lipinski definition) is 8. The van der Waals surface area contributed by atoms with Crippen LogP contribution in [0.5, 0.6) is 0 Å². The molecule has 0 aliphatic carbocycles. The minimum absolute atomic E-state index is 0.0575. The number of phosphoric ester groups is 1. The van der Waals surface area contributed by atoms with Crippen molar-refractivity contribution in [2.75, 3.05) is 26.4 Å². The van der Waals surface area contributed by atoms with E-state index in [9.17, 15) is 19.0 Å². The Bertz CT molecular complexity index is 724. The van der Waals surface area contributed by atoms with Gasteiger partial charge < -0.3 is 20.1 Å². The average Bonchev–Trinajstić information content (AvgIpc) is 3.02. The lowest BCUT2D eigenvalue weighted by Crippen LogP contribution is -2.29. The Morgan fingerprint density at radius 3 is 1.36 bits per heavy atom. The highest BCUT2D eigenvalue weighted by Gasteiger charge is 2.25. The summed E-state index contributed by atoms with van der Waals surface area (Å²) in [7, 11) is -4.36. The number of rotatable bonds is 35. The molecule has 0 heterocycles. The van der Waals surface area contributed by atoms with E-state index >= 15 is 0 Å². The minimum Gasteiger partial charge on any atom is -0.462 e. The Kier molecular flexibility index (Phi) is 32.2. The lowest BCUT2D eigenvalue weighted by atomic mass is 10.0. The SMILES string of the molecule is CCCCCCCCCCCCCCCCCC(=O)OC[C@H](COP(=O)(O)OCCN)OC(=O)CCCCCCCCCCC. The van der Waals surface area contributed by atoms with Gasteiger partial charge in [-0.15, -0.1) is 0 Å². The summed E-state index contributed by atoms with van der Waals surface area (Å²) in [6.45, 7) is 3.71. The van der Waals surface area contributed by atoms with Crippen LogP contribution >= 0.6 is 7.82 Å². The van der Waals surface area contributed by atoms with Gasteiger partial charge in [-0.3, -0.25) is 18.6 Å². The van der Waals surface area contributed by atoms with Crippen LogP contribution in [0.25, 0.3) is 0 Å². The van der Waals surface area contributed by atoms with Crippen LogP contribution in [0.15, 0.2) is 0 Å². The smallest absolute Gasteiger partial charge is 0.462 e. The molecule has 0 spiro atoms. The van der Waals surface area contributed by atoms with Gasteiger partial charge in [0.15, 0.2) is 6.10 Å². The van der Waals surface area contributed by atoms with Crippen molar-refractivity contribution in [1.82, 2.24) is 0 Å². The van der Waals surface area contributed by atoms with Gasteiger partial charge in [-0.25, -0.2) is 4.57 Å². The van der Waals surface area contributed by atoms with Crippen LogP contribution in [0.3, 0.4) is 0 Å². The maximum atomic E-state index is 12.4. The summed E-state index contributed by atoms with van der Waals surface area (Å²) in [6, 6.07) is 0. The highest BCUT2D eigenvalue weighted by atomic mass is 31.2. The molecule has 0 saturated heterocycles. The number of carbonyl (C=O) groups is 2. The van der Waals surface area contributed by atoms with E-state index in [0.717, 1.165) is 32.1 Å². The van der Waals surface area contributed by atoms with E-state index in [-0.39, 0.29) is 38.6 Å². The van der Waals surface area contributed by atoms with Crippen LogP contribution in [0.4, 0.5) is 0 Å². The fraction of sp³-hybridized carbons (Fsp3) is 0.943. The number of nitrogens with two attached hydrogens (primary N) is 1. The lowest BCUT2D eigenvalue weighted by molar-refractivity contribution is -0.161. The molecule has 3 N–H and O–H groups in total. The fourth-order valence-corrected chi connectivity index (χ4v) is 5.99. The van der Waals surface area contributed by atoms with Crippen molar-refractivity contribution in [2.24, 2.45) is 5.73 Å². The van der Waals surface area contributed by atoms with E-state index in [1.807, 2.05) is 0 Å². The zero-order valence-corrected chi connectivity index (χ0v) is 30.0. The molecule has 9 nitrogen and oxygen atoms in total. The second kappa shape index (κ2) is 32.9. The summed E-state index contributed by atoms with van der Waals surface area (Å²) in [5, 5.41) is 0. The number of unbranched alkanes of at least 4 members (excludes halogenated alkanes) is 22. The van der Waals surface area contributed by atoms with Crippen molar-refractivity contribution in [3.8, 4) is 0 Å². The molecule has 1 unspecified atom stereocenters. The van der Waals surface area contributed by atoms with E-state index in [1.165, 1.54) is 116 Å². The molecular weight excluding hydrogens is 593 g/mol. The predicted octanol–water partition coefficient (Wildman–Crippen LogP) is 9.72. The van der Waals surface area contributed by atoms with E-state index < -0.39 is 26.5 Å². The van der Waals surface area contributed by atoms with Crippen molar-refractivity contribution in [2.45, 2.75) is 187 Å². The summed E-state index contributed by atoms with van der Waals surface area (Å²) in [5.74, 6) is -0.822. The molecule has 0 fully saturated rings. The van der Waals surface area contributed by atoms with Crippen LogP contribution < -0.4 is 5.73 Å². The first-order valence-corrected chi connectivity index (χ1v) is 20.0. The van der Waals surface area contributed by atoms with E-state index in [4.69, 9.17) is 24.3 Å². The molecule has 10 heteroatoms. The third kappa shape index (κ3) is 32.7. The molecule has 0 aromatic carbocycles. The Morgan fingerprint density at radius 2 is 0.956 bits per heavy atom. The van der Waals surface area contributed by atoms with Gasteiger partial charge in [0.25, 0.3) is 0 Å². The predicted molar refractivity (Wildman–Crippen MR) is 183 cm³/mol. The standard InChI is InChI=1S/C35H70NO8P/c1-3-5-7-9-11-13-14-15-16-17-18-20-21-23-25-27-34(37)41-31-33(32-43-45(39,40)42-30-29-36)44-35(38)28-26-24-22-19-12-10-8-6-4-2/h33H,3-32,36H2,1-2H3,(H,39,40)/t33-/m1/s1. The first-order valence-electron chi connectivity index (χ1n) is 18.5. The van der Waals surface area contributed by atoms with Crippen LogP contribution in [-0.2, 0) is 32.7 Å². The molecule has 0 aromatic heterocycles. The molecule has 0 aromatic rings. The Labute approximate surface area is 276 Å². The van der Waals surface area contributed by atoms with Crippen LogP contribution in [-0.4, -0.2) is 49.3 Å². The van der Waals surface area contributed by atoms with E-state index in [2.05, 4.69) is 13.8 Å². The number of hydrogen-bond donors (Lipinski definition) is 2. The molecule has 0 aliphatic heterocycles. The zero-order valence-electron chi connectivity index (χ0n) is 29.1. The van der Waals surface area contributed by atoms with Crippen molar-refractivity contribution in [1.29, 1.82) is 0 Å². The maximum Gasteiger partial charge on any atom is 0.472 e. The summed E-state index contributed by atoms with van der Waals surface area (Å²) in [5.41, 5.74) is 5.32. The molecule has 268 valence electrons. The maximum absolute atomic E-state index is 12.4. The van der Waals surface area contributed by atoms with Gasteiger partial charge in [-0.1, -0.05) is 155 Å². The Balaban J connectivity index is 4.15. The van der Waals surface area contributed by atoms with Gasteiger partial charge in [0.2, 0.25) is 0 Å². The Hall–Kier alpha value is -0.990. The van der Waals surface area contributed by atoms with Crippen molar-refractivity contribution in [3.63, 3.8) is 0 Å². The second-order valence-electron chi connectivity index (χ2n) is 12.5. The first-order chi connectivity index (χ1) is 21.8. The third-order valence-corrected chi connectivity index (χ3v) is 8.98. The molecule has 45 heavy (non-hydrogen) atoms. The lowest BCUT2D eigenvalue weighted by Gasteiger charge is -2.19. The quantitative estimate of drug-likeness (QED) is 0.0386. The highest BCUT2D eigenvalue weighted by Crippen LogP contribution is 2.43. The van der Waals surface area contributed by atoms with Gasteiger partial charge in [-0.2, -0.15) is 0 Å². The number of esters is 2. The number of ether oxygens (including phenoxy) is 2. The fourth-order valence-electron chi connectivity index (χ4n) is 5.22. The van der Waals surface area contributed by atoms with Crippen LogP contribution in [0.2, 0.25) is 0 Å². The molecule has 0 radical (unpaired) electrons. The zero-order chi connectivity index (χ0) is 33.3. The second-order valence-corrected chi connectivity index (χ2v) is 13.9. The third-order valence-electron chi connectivity index (χ3n) is 7.99. The normalized spacial score (nSPS) is 13.4. The van der Waals surface area contributed by atoms with Crippen molar-refractivity contribution < 1.29 is 37.6 Å². The molecule has 0 bridgehead atoms. The summed E-state index contributed by atoms with van der Waals surface area (Å²) in [6.07, 6.45) is 28.5. The van der Waals surface area contributed by atoms with Gasteiger partial charge in [-0.05, 0) is 12.8 Å². The van der Waals surface area contributed by atoms with Gasteiger partial charge in [0, 0.05) is 19.4 Å². The number of carbonyl (C=O) groups excluding carboxylic acids is 2. The summed E-state index contributed by atoms with van der Waals surface area (Å²) >= 11 is 0. The first kappa shape index (κ1) is 44.0. The number of phosphoric acid groups is 1. The van der Waals surface area contributed by atoms with Crippen molar-refractivity contribution in [3.05, 3.63) is 0 Å². The molecular formula is C35H70NO8P. The monoisotopic (exact) mass is 663 g/mol. The topological polar surface area (TPSA) is 134 Å². The van der Waals surface area contributed by atoms with Gasteiger partial charge in [0.05, 0.1) is 13.2 Å². The largest absolute Gasteiger partial charge is 0.472 e. The highest BCUT2D eigenvalue weighted by molar-refractivity contribution is 7.47. The summed E-state index contributed by atoms with van der Waals surface area (Å²) in [4.78, 5) is 34.6. The Morgan fingerprint density at radius 1 is 0.578 bits per heavy atom. The molecule has 0 rings (SSSR count). The minimum atomic E-state index is -4.36. The van der Waals surface area contributed by atoms with Crippen LogP contribution in [0, 0.1) is 0 Å². The van der Waals surface area contributed by atoms with Gasteiger partial charge in [0.1, 0.15) is 6.61 Å². The van der Waals surface area contributed by atoms with Crippen LogP contribution in [0.1, 0.15) is 181 Å². The molecule has 2 atom stereocenters. The average molecular weight is 664 g/mol. The van der Waals surface area contributed by atoms with E-state index in [0.29, 0.717) is 6.42 Å². The molecule has 0 amide bonds. The molecule has 0 saturated carbocycles.